The molecule has 142 valence electrons. The highest BCUT2D eigenvalue weighted by molar-refractivity contribution is 6.31. The van der Waals surface area contributed by atoms with Crippen molar-refractivity contribution >= 4 is 29.1 Å². The minimum absolute atomic E-state index is 0.109. The van der Waals surface area contributed by atoms with Crippen molar-refractivity contribution in [2.45, 2.75) is 13.5 Å². The minimum atomic E-state index is -0.432. The summed E-state index contributed by atoms with van der Waals surface area (Å²) in [5, 5.41) is 5.98. The van der Waals surface area contributed by atoms with E-state index in [1.807, 2.05) is 6.92 Å². The average Bonchev–Trinajstić information content (AvgIpc) is 2.70. The second kappa shape index (κ2) is 8.63. The van der Waals surface area contributed by atoms with Crippen molar-refractivity contribution in [3.8, 4) is 0 Å². The van der Waals surface area contributed by atoms with Crippen LogP contribution in [0.1, 0.15) is 32.0 Å². The zero-order valence-corrected chi connectivity index (χ0v) is 15.8. The Morgan fingerprint density at radius 3 is 2.54 bits per heavy atom. The number of carbonyl (C=O) groups is 2. The van der Waals surface area contributed by atoms with E-state index in [9.17, 15) is 14.0 Å². The standard InChI is InChI=1S/C21H17ClFN3O2/c1-13-2-5-16(22)11-18(13)26-20(27)15-8-9-24-19(10-15)21(28)25-12-14-3-6-17(23)7-4-14/h2-11H,12H2,1H3,(H,25,28)(H,26,27). The number of halogens is 2. The molecule has 0 aliphatic rings. The van der Waals surface area contributed by atoms with Gasteiger partial charge in [-0.05, 0) is 54.4 Å². The van der Waals surface area contributed by atoms with E-state index in [0.29, 0.717) is 16.3 Å². The zero-order chi connectivity index (χ0) is 20.1. The predicted molar refractivity (Wildman–Crippen MR) is 106 cm³/mol. The van der Waals surface area contributed by atoms with Gasteiger partial charge < -0.3 is 10.6 Å². The summed E-state index contributed by atoms with van der Waals surface area (Å²) in [5.41, 5.74) is 2.61. The number of anilines is 1. The van der Waals surface area contributed by atoms with Gasteiger partial charge in [-0.2, -0.15) is 0 Å². The number of nitrogens with one attached hydrogen (secondary N) is 2. The highest BCUT2D eigenvalue weighted by Gasteiger charge is 2.13. The molecule has 3 aromatic rings. The summed E-state index contributed by atoms with van der Waals surface area (Å²) in [6.45, 7) is 2.08. The lowest BCUT2D eigenvalue weighted by Crippen LogP contribution is -2.24. The smallest absolute Gasteiger partial charge is 0.270 e. The minimum Gasteiger partial charge on any atom is -0.347 e. The Morgan fingerprint density at radius 2 is 1.79 bits per heavy atom. The number of aromatic nitrogens is 1. The summed E-state index contributed by atoms with van der Waals surface area (Å²) in [5.74, 6) is -1.15. The molecule has 0 spiro atoms. The molecule has 0 unspecified atom stereocenters. The predicted octanol–water partition coefficient (Wildman–Crippen LogP) is 4.36. The molecule has 0 aliphatic carbocycles. The molecule has 0 radical (unpaired) electrons. The maximum Gasteiger partial charge on any atom is 0.270 e. The van der Waals surface area contributed by atoms with Crippen LogP contribution in [0.25, 0.3) is 0 Å². The lowest BCUT2D eigenvalue weighted by molar-refractivity contribution is 0.0946. The molecule has 2 aromatic carbocycles. The molecule has 2 N–H and O–H groups in total. The van der Waals surface area contributed by atoms with Crippen molar-refractivity contribution in [1.29, 1.82) is 0 Å². The van der Waals surface area contributed by atoms with Gasteiger partial charge in [-0.3, -0.25) is 14.6 Å². The summed E-state index contributed by atoms with van der Waals surface area (Å²) < 4.78 is 12.9. The van der Waals surface area contributed by atoms with E-state index >= 15 is 0 Å². The topological polar surface area (TPSA) is 71.1 Å². The SMILES string of the molecule is Cc1ccc(Cl)cc1NC(=O)c1ccnc(C(=O)NCc2ccc(F)cc2)c1. The second-order valence-electron chi connectivity index (χ2n) is 6.15. The Balaban J connectivity index is 1.68. The highest BCUT2D eigenvalue weighted by atomic mass is 35.5. The first-order valence-electron chi connectivity index (χ1n) is 8.48. The summed E-state index contributed by atoms with van der Waals surface area (Å²) in [6, 6.07) is 13.9. The normalized spacial score (nSPS) is 10.4. The summed E-state index contributed by atoms with van der Waals surface area (Å²) >= 11 is 5.97. The van der Waals surface area contributed by atoms with Crippen LogP contribution in [0, 0.1) is 12.7 Å². The highest BCUT2D eigenvalue weighted by Crippen LogP contribution is 2.21. The fourth-order valence-electron chi connectivity index (χ4n) is 2.49. The number of hydrogen-bond donors (Lipinski definition) is 2. The third-order valence-electron chi connectivity index (χ3n) is 4.07. The molecule has 0 bridgehead atoms. The molecular formula is C21H17ClFN3O2. The molecule has 0 atom stereocenters. The zero-order valence-electron chi connectivity index (χ0n) is 15.0. The summed E-state index contributed by atoms with van der Waals surface area (Å²) in [4.78, 5) is 28.8. The molecule has 1 aromatic heterocycles. The van der Waals surface area contributed by atoms with Crippen LogP contribution >= 0.6 is 11.6 Å². The average molecular weight is 398 g/mol. The van der Waals surface area contributed by atoms with E-state index in [1.54, 1.807) is 30.3 Å². The maximum atomic E-state index is 12.9. The molecule has 7 heteroatoms. The maximum absolute atomic E-state index is 12.9. The lowest BCUT2D eigenvalue weighted by atomic mass is 10.1. The first-order chi connectivity index (χ1) is 13.4. The van der Waals surface area contributed by atoms with Gasteiger partial charge in [0.25, 0.3) is 11.8 Å². The van der Waals surface area contributed by atoms with Crippen molar-refractivity contribution in [1.82, 2.24) is 10.3 Å². The number of benzene rings is 2. The number of rotatable bonds is 5. The Kier molecular flexibility index (Phi) is 6.01. The molecule has 28 heavy (non-hydrogen) atoms. The van der Waals surface area contributed by atoms with E-state index in [4.69, 9.17) is 11.6 Å². The fraction of sp³-hybridized carbons (Fsp3) is 0.0952. The van der Waals surface area contributed by atoms with Gasteiger partial charge in [0.15, 0.2) is 0 Å². The van der Waals surface area contributed by atoms with Crippen molar-refractivity contribution in [3.63, 3.8) is 0 Å². The fourth-order valence-corrected chi connectivity index (χ4v) is 2.67. The quantitative estimate of drug-likeness (QED) is 0.671. The van der Waals surface area contributed by atoms with E-state index in [2.05, 4.69) is 15.6 Å². The third kappa shape index (κ3) is 4.92. The van der Waals surface area contributed by atoms with Gasteiger partial charge in [0.05, 0.1) is 0 Å². The van der Waals surface area contributed by atoms with Gasteiger partial charge in [0.1, 0.15) is 11.5 Å². The van der Waals surface area contributed by atoms with Crippen molar-refractivity contribution in [2.24, 2.45) is 0 Å². The monoisotopic (exact) mass is 397 g/mol. The number of nitrogens with zero attached hydrogens (tertiary/aromatic N) is 1. The van der Waals surface area contributed by atoms with Crippen LogP contribution in [0.3, 0.4) is 0 Å². The number of carbonyl (C=O) groups excluding carboxylic acids is 2. The van der Waals surface area contributed by atoms with E-state index in [0.717, 1.165) is 11.1 Å². The first-order valence-corrected chi connectivity index (χ1v) is 8.86. The number of pyridine rings is 1. The van der Waals surface area contributed by atoms with Crippen LogP contribution in [0.5, 0.6) is 0 Å². The molecule has 0 aliphatic heterocycles. The number of aryl methyl sites for hydroxylation is 1. The Labute approximate surface area is 166 Å². The molecule has 0 saturated carbocycles. The first kappa shape index (κ1) is 19.5. The number of amides is 2. The van der Waals surface area contributed by atoms with Crippen molar-refractivity contribution < 1.29 is 14.0 Å². The Morgan fingerprint density at radius 1 is 1.04 bits per heavy atom. The van der Waals surface area contributed by atoms with Crippen LogP contribution in [-0.4, -0.2) is 16.8 Å². The molecule has 0 fully saturated rings. The molecule has 1 heterocycles. The van der Waals surface area contributed by atoms with Crippen molar-refractivity contribution in [2.75, 3.05) is 5.32 Å². The third-order valence-corrected chi connectivity index (χ3v) is 4.30. The van der Waals surface area contributed by atoms with Gasteiger partial charge in [-0.15, -0.1) is 0 Å². The lowest BCUT2D eigenvalue weighted by Gasteiger charge is -2.10. The van der Waals surface area contributed by atoms with Gasteiger partial charge in [0, 0.05) is 29.0 Å². The van der Waals surface area contributed by atoms with Gasteiger partial charge in [-0.1, -0.05) is 29.8 Å². The van der Waals surface area contributed by atoms with Gasteiger partial charge in [-0.25, -0.2) is 4.39 Å². The molecule has 0 saturated heterocycles. The van der Waals surface area contributed by atoms with Crippen LogP contribution in [0.15, 0.2) is 60.8 Å². The summed E-state index contributed by atoms with van der Waals surface area (Å²) in [6.07, 6.45) is 1.40. The van der Waals surface area contributed by atoms with Crippen LogP contribution in [0.4, 0.5) is 10.1 Å². The largest absolute Gasteiger partial charge is 0.347 e. The van der Waals surface area contributed by atoms with Crippen LogP contribution in [0.2, 0.25) is 5.02 Å². The van der Waals surface area contributed by atoms with Crippen LogP contribution in [-0.2, 0) is 6.54 Å². The molecule has 2 amide bonds. The van der Waals surface area contributed by atoms with E-state index < -0.39 is 5.91 Å². The Hall–Kier alpha value is -3.25. The Bertz CT molecular complexity index is 1020. The molecule has 5 nitrogen and oxygen atoms in total. The second-order valence-corrected chi connectivity index (χ2v) is 6.59. The van der Waals surface area contributed by atoms with Gasteiger partial charge in [0.2, 0.25) is 0 Å². The van der Waals surface area contributed by atoms with Crippen LogP contribution < -0.4 is 10.6 Å². The molecular weight excluding hydrogens is 381 g/mol. The number of hydrogen-bond acceptors (Lipinski definition) is 3. The molecule has 3 rings (SSSR count). The summed E-state index contributed by atoms with van der Waals surface area (Å²) in [7, 11) is 0. The van der Waals surface area contributed by atoms with Crippen molar-refractivity contribution in [3.05, 3.63) is 94.0 Å². The van der Waals surface area contributed by atoms with E-state index in [1.165, 1.54) is 30.5 Å². The van der Waals surface area contributed by atoms with E-state index in [-0.39, 0.29) is 24.0 Å². The van der Waals surface area contributed by atoms with Gasteiger partial charge >= 0.3 is 0 Å².